The smallest absolute Gasteiger partial charge is 0.186 e. The minimum Gasteiger partial charge on any atom is -0.361 e. The third-order valence-electron chi connectivity index (χ3n) is 1.59. The number of hydrogen-bond acceptors (Lipinski definition) is 3. The number of hydrazone groups is 1. The summed E-state index contributed by atoms with van der Waals surface area (Å²) in [6.45, 7) is 2.93. The molecule has 0 unspecified atom stereocenters. The third kappa shape index (κ3) is 5.07. The van der Waals surface area contributed by atoms with E-state index in [1.165, 1.54) is 0 Å². The summed E-state index contributed by atoms with van der Waals surface area (Å²) in [6, 6.07) is 5.63. The molecule has 0 aliphatic heterocycles. The Hall–Kier alpha value is -1.49. The fourth-order valence-electron chi connectivity index (χ4n) is 0.887. The highest BCUT2D eigenvalue weighted by Crippen LogP contribution is 1.87. The number of aromatic nitrogens is 1. The third-order valence-corrected chi connectivity index (χ3v) is 1.82. The van der Waals surface area contributed by atoms with Gasteiger partial charge in [-0.2, -0.15) is 5.10 Å². The monoisotopic (exact) mass is 222 g/mol. The molecule has 0 aliphatic rings. The van der Waals surface area contributed by atoms with Crippen LogP contribution in [0, 0.1) is 0 Å². The van der Waals surface area contributed by atoms with Crippen molar-refractivity contribution in [1.82, 2.24) is 15.7 Å². The second-order valence-electron chi connectivity index (χ2n) is 2.88. The van der Waals surface area contributed by atoms with Crippen molar-refractivity contribution >= 4 is 23.5 Å². The zero-order valence-electron chi connectivity index (χ0n) is 8.60. The lowest BCUT2D eigenvalue weighted by molar-refractivity contribution is 0.817. The highest BCUT2D eigenvalue weighted by Gasteiger charge is 1.89. The van der Waals surface area contributed by atoms with E-state index in [1.54, 1.807) is 12.4 Å². The van der Waals surface area contributed by atoms with E-state index in [0.29, 0.717) is 5.11 Å². The number of rotatable bonds is 4. The van der Waals surface area contributed by atoms with Crippen LogP contribution in [0.5, 0.6) is 0 Å². The van der Waals surface area contributed by atoms with Gasteiger partial charge in [-0.3, -0.25) is 10.4 Å². The second kappa shape index (κ2) is 6.89. The predicted octanol–water partition coefficient (Wildman–Crippen LogP) is 1.29. The van der Waals surface area contributed by atoms with Crippen LogP contribution in [0.1, 0.15) is 19.0 Å². The van der Waals surface area contributed by atoms with E-state index in [9.17, 15) is 0 Å². The van der Waals surface area contributed by atoms with Crippen molar-refractivity contribution in [1.29, 1.82) is 0 Å². The Kier molecular flexibility index (Phi) is 5.32. The molecule has 0 saturated heterocycles. The van der Waals surface area contributed by atoms with E-state index >= 15 is 0 Å². The van der Waals surface area contributed by atoms with Gasteiger partial charge in [0.2, 0.25) is 0 Å². The summed E-state index contributed by atoms with van der Waals surface area (Å²) < 4.78 is 0. The van der Waals surface area contributed by atoms with Gasteiger partial charge in [-0.15, -0.1) is 0 Å². The average Bonchev–Trinajstić information content (AvgIpc) is 2.28. The molecule has 1 rings (SSSR count). The minimum absolute atomic E-state index is 0.532. The Bertz CT molecular complexity index is 323. The summed E-state index contributed by atoms with van der Waals surface area (Å²) in [5, 5.41) is 7.49. The molecule has 0 atom stereocenters. The van der Waals surface area contributed by atoms with Gasteiger partial charge >= 0.3 is 0 Å². The van der Waals surface area contributed by atoms with Crippen molar-refractivity contribution < 1.29 is 0 Å². The first kappa shape index (κ1) is 11.6. The van der Waals surface area contributed by atoms with Gasteiger partial charge in [-0.25, -0.2) is 0 Å². The van der Waals surface area contributed by atoms with Crippen LogP contribution in [-0.4, -0.2) is 22.9 Å². The maximum atomic E-state index is 4.98. The quantitative estimate of drug-likeness (QED) is 0.458. The van der Waals surface area contributed by atoms with Crippen molar-refractivity contribution in [3.05, 3.63) is 30.1 Å². The molecule has 0 fully saturated rings. The first-order chi connectivity index (χ1) is 7.33. The summed E-state index contributed by atoms with van der Waals surface area (Å²) in [4.78, 5) is 4.08. The van der Waals surface area contributed by atoms with Crippen LogP contribution < -0.4 is 10.7 Å². The highest BCUT2D eigenvalue weighted by atomic mass is 32.1. The van der Waals surface area contributed by atoms with Crippen molar-refractivity contribution in [2.24, 2.45) is 5.10 Å². The molecule has 0 bridgehead atoms. The molecule has 1 heterocycles. The van der Waals surface area contributed by atoms with Gasteiger partial charge in [-0.05, 0) is 30.8 Å². The van der Waals surface area contributed by atoms with Crippen molar-refractivity contribution in [2.75, 3.05) is 6.54 Å². The predicted molar refractivity (Wildman–Crippen MR) is 65.9 cm³/mol. The first-order valence-electron chi connectivity index (χ1n) is 4.81. The Balaban J connectivity index is 2.31. The summed E-state index contributed by atoms with van der Waals surface area (Å²) in [5.74, 6) is 0. The SMILES string of the molecule is CCCNC(=S)N/N=C/c1ccccn1. The maximum absolute atomic E-state index is 4.98. The molecule has 0 aliphatic carbocycles. The lowest BCUT2D eigenvalue weighted by atomic mass is 10.4. The molecule has 2 N–H and O–H groups in total. The molecule has 1 aromatic heterocycles. The van der Waals surface area contributed by atoms with Crippen LogP contribution >= 0.6 is 12.2 Å². The minimum atomic E-state index is 0.532. The van der Waals surface area contributed by atoms with Gasteiger partial charge < -0.3 is 5.32 Å². The van der Waals surface area contributed by atoms with Crippen LogP contribution in [0.15, 0.2) is 29.5 Å². The molecular weight excluding hydrogens is 208 g/mol. The van der Waals surface area contributed by atoms with Crippen molar-refractivity contribution in [3.63, 3.8) is 0 Å². The zero-order valence-corrected chi connectivity index (χ0v) is 9.42. The van der Waals surface area contributed by atoms with Gasteiger partial charge in [0, 0.05) is 12.7 Å². The van der Waals surface area contributed by atoms with Crippen LogP contribution in [-0.2, 0) is 0 Å². The van der Waals surface area contributed by atoms with E-state index in [4.69, 9.17) is 12.2 Å². The molecule has 0 spiro atoms. The molecule has 15 heavy (non-hydrogen) atoms. The molecule has 0 amide bonds. The summed E-state index contributed by atoms with van der Waals surface area (Å²) in [7, 11) is 0. The van der Waals surface area contributed by atoms with Gasteiger partial charge in [0.1, 0.15) is 0 Å². The largest absolute Gasteiger partial charge is 0.361 e. The number of thiocarbonyl (C=S) groups is 1. The Morgan fingerprint density at radius 1 is 1.60 bits per heavy atom. The topological polar surface area (TPSA) is 49.3 Å². The molecule has 0 saturated carbocycles. The van der Waals surface area contributed by atoms with Crippen molar-refractivity contribution in [2.45, 2.75) is 13.3 Å². The molecular formula is C10H14N4S. The normalized spacial score (nSPS) is 10.2. The Morgan fingerprint density at radius 3 is 3.13 bits per heavy atom. The van der Waals surface area contributed by atoms with E-state index in [2.05, 4.69) is 27.8 Å². The number of nitrogens with zero attached hydrogens (tertiary/aromatic N) is 2. The fourth-order valence-corrected chi connectivity index (χ4v) is 1.04. The lowest BCUT2D eigenvalue weighted by Crippen LogP contribution is -2.32. The van der Waals surface area contributed by atoms with Gasteiger partial charge in [0.25, 0.3) is 0 Å². The van der Waals surface area contributed by atoms with E-state index in [0.717, 1.165) is 18.7 Å². The lowest BCUT2D eigenvalue weighted by Gasteiger charge is -2.03. The van der Waals surface area contributed by atoms with Crippen LogP contribution in [0.25, 0.3) is 0 Å². The van der Waals surface area contributed by atoms with Crippen LogP contribution in [0.4, 0.5) is 0 Å². The number of pyridine rings is 1. The molecule has 5 heteroatoms. The van der Waals surface area contributed by atoms with Gasteiger partial charge in [0.15, 0.2) is 5.11 Å². The van der Waals surface area contributed by atoms with Gasteiger partial charge in [-0.1, -0.05) is 13.0 Å². The van der Waals surface area contributed by atoms with Crippen LogP contribution in [0.3, 0.4) is 0 Å². The molecule has 0 radical (unpaired) electrons. The van der Waals surface area contributed by atoms with Crippen molar-refractivity contribution in [3.8, 4) is 0 Å². The van der Waals surface area contributed by atoms with E-state index < -0.39 is 0 Å². The van der Waals surface area contributed by atoms with Crippen LogP contribution in [0.2, 0.25) is 0 Å². The number of nitrogens with one attached hydrogen (secondary N) is 2. The molecule has 80 valence electrons. The first-order valence-corrected chi connectivity index (χ1v) is 5.21. The highest BCUT2D eigenvalue weighted by molar-refractivity contribution is 7.80. The summed E-state index contributed by atoms with van der Waals surface area (Å²) >= 11 is 4.98. The molecule has 0 aromatic carbocycles. The molecule has 4 nitrogen and oxygen atoms in total. The fraction of sp³-hybridized carbons (Fsp3) is 0.300. The summed E-state index contributed by atoms with van der Waals surface area (Å²) in [5.41, 5.74) is 3.51. The summed E-state index contributed by atoms with van der Waals surface area (Å²) in [6.07, 6.45) is 4.38. The number of hydrogen-bond donors (Lipinski definition) is 2. The zero-order chi connectivity index (χ0) is 10.9. The average molecular weight is 222 g/mol. The Labute approximate surface area is 94.8 Å². The second-order valence-corrected chi connectivity index (χ2v) is 3.29. The Morgan fingerprint density at radius 2 is 2.47 bits per heavy atom. The van der Waals surface area contributed by atoms with Gasteiger partial charge in [0.05, 0.1) is 11.9 Å². The standard InChI is InChI=1S/C10H14N4S/c1-2-6-12-10(15)14-13-8-9-5-3-4-7-11-9/h3-5,7-8H,2,6H2,1H3,(H2,12,14,15)/b13-8+. The van der Waals surface area contributed by atoms with E-state index in [-0.39, 0.29) is 0 Å². The van der Waals surface area contributed by atoms with E-state index in [1.807, 2.05) is 18.2 Å². The maximum Gasteiger partial charge on any atom is 0.186 e. The molecule has 1 aromatic rings.